The molecule has 28 heavy (non-hydrogen) atoms. The van der Waals surface area contributed by atoms with E-state index in [9.17, 15) is 19.7 Å². The van der Waals surface area contributed by atoms with Gasteiger partial charge in [-0.2, -0.15) is 0 Å². The van der Waals surface area contributed by atoms with Gasteiger partial charge >= 0.3 is 7.12 Å². The molecule has 0 aliphatic carbocycles. The van der Waals surface area contributed by atoms with Crippen LogP contribution in [0.25, 0.3) is 0 Å². The molecular weight excluding hydrogens is 363 g/mol. The fourth-order valence-electron chi connectivity index (χ4n) is 3.43. The third-order valence-electron chi connectivity index (χ3n) is 4.83. The van der Waals surface area contributed by atoms with Crippen LogP contribution >= 0.6 is 0 Å². The first-order valence-corrected chi connectivity index (χ1v) is 9.10. The zero-order valence-electron chi connectivity index (χ0n) is 15.9. The van der Waals surface area contributed by atoms with Crippen molar-refractivity contribution in [3.8, 4) is 5.75 Å². The number of hydrogen-bond donors (Lipinski definition) is 3. The molecule has 9 nitrogen and oxygen atoms in total. The van der Waals surface area contributed by atoms with Crippen LogP contribution in [0.2, 0.25) is 5.82 Å². The first-order valence-electron chi connectivity index (χ1n) is 9.10. The van der Waals surface area contributed by atoms with Crippen molar-refractivity contribution in [2.75, 3.05) is 7.05 Å². The number of carbonyl (C=O) groups is 2. The first-order chi connectivity index (χ1) is 13.4. The molecule has 0 unspecified atom stereocenters. The Balaban J connectivity index is 1.70. The van der Waals surface area contributed by atoms with Gasteiger partial charge in [0, 0.05) is 18.8 Å². The van der Waals surface area contributed by atoms with E-state index in [4.69, 9.17) is 4.65 Å². The Kier molecular flexibility index (Phi) is 6.23. The van der Waals surface area contributed by atoms with Crippen LogP contribution < -0.4 is 9.97 Å². The Hall–Kier alpha value is -2.56. The van der Waals surface area contributed by atoms with Gasteiger partial charge in [-0.3, -0.25) is 9.59 Å². The van der Waals surface area contributed by atoms with Crippen LogP contribution in [0.15, 0.2) is 18.2 Å². The predicted molar refractivity (Wildman–Crippen MR) is 101 cm³/mol. The monoisotopic (exact) mass is 386 g/mol. The maximum Gasteiger partial charge on any atom is 0.526 e. The topological polar surface area (TPSA) is 127 Å². The van der Waals surface area contributed by atoms with Crippen molar-refractivity contribution < 1.29 is 24.4 Å². The van der Waals surface area contributed by atoms with Crippen LogP contribution in [0, 0.1) is 0 Å². The highest BCUT2D eigenvalue weighted by atomic mass is 16.5. The van der Waals surface area contributed by atoms with Crippen LogP contribution in [0.5, 0.6) is 5.75 Å². The van der Waals surface area contributed by atoms with Gasteiger partial charge in [0.2, 0.25) is 0 Å². The number of para-hydroxylation sites is 1. The molecule has 1 aliphatic heterocycles. The molecule has 1 aromatic heterocycles. The van der Waals surface area contributed by atoms with Crippen molar-refractivity contribution in [1.82, 2.24) is 20.3 Å². The van der Waals surface area contributed by atoms with Crippen molar-refractivity contribution in [1.29, 1.82) is 0 Å². The number of benzene rings is 1. The Morgan fingerprint density at radius 3 is 2.89 bits per heavy atom. The Bertz CT molecular complexity index is 885. The molecule has 0 fully saturated rings. The Morgan fingerprint density at radius 1 is 1.43 bits per heavy atom. The minimum absolute atomic E-state index is 0.0455. The van der Waals surface area contributed by atoms with E-state index in [0.29, 0.717) is 35.7 Å². The van der Waals surface area contributed by atoms with Crippen LogP contribution in [-0.4, -0.2) is 50.9 Å². The van der Waals surface area contributed by atoms with Gasteiger partial charge in [0.05, 0.1) is 17.9 Å². The number of aliphatic hydroxyl groups is 1. The summed E-state index contributed by atoms with van der Waals surface area (Å²) in [5.41, 5.74) is 2.29. The molecule has 0 bridgehead atoms. The molecule has 0 spiro atoms. The van der Waals surface area contributed by atoms with Crippen LogP contribution in [-0.2, 0) is 30.9 Å². The quantitative estimate of drug-likeness (QED) is 0.432. The van der Waals surface area contributed by atoms with E-state index in [1.54, 1.807) is 19.2 Å². The molecule has 10 heteroatoms. The average molecular weight is 386 g/mol. The molecular formula is C18H23BN4O5. The van der Waals surface area contributed by atoms with E-state index >= 15 is 0 Å². The van der Waals surface area contributed by atoms with Crippen molar-refractivity contribution in [3.63, 3.8) is 0 Å². The van der Waals surface area contributed by atoms with E-state index in [0.717, 1.165) is 5.56 Å². The molecule has 0 amide bonds. The average Bonchev–Trinajstić information content (AvgIpc) is 3.03. The molecule has 2 aromatic rings. The van der Waals surface area contributed by atoms with Crippen molar-refractivity contribution in [3.05, 3.63) is 40.7 Å². The molecule has 1 aromatic carbocycles. The summed E-state index contributed by atoms with van der Waals surface area (Å²) >= 11 is 0. The number of nitrogens with one attached hydrogen (secondary N) is 1. The van der Waals surface area contributed by atoms with Crippen molar-refractivity contribution in [2.45, 2.75) is 45.3 Å². The van der Waals surface area contributed by atoms with Gasteiger partial charge in [-0.05, 0) is 32.0 Å². The molecule has 1 aliphatic rings. The normalized spacial score (nSPS) is 15.9. The van der Waals surface area contributed by atoms with E-state index in [-0.39, 0.29) is 31.1 Å². The van der Waals surface area contributed by atoms with Gasteiger partial charge in [0.15, 0.2) is 11.6 Å². The number of aliphatic hydroxyl groups excluding tert-OH is 1. The molecule has 148 valence electrons. The standard InChI is InChI=1S/C18H23BN4O5/c1-11(25)15-5-3-4-12-6-13(19(27)28-18(12)15)7-14(26)9-23-17(10-24)16(8-20-2)21-22-23/h3-5,13,20,24,27H,6-10H2,1-2H3/t13-/m1/s1. The summed E-state index contributed by atoms with van der Waals surface area (Å²) in [6.45, 7) is 1.57. The molecule has 0 saturated heterocycles. The first kappa shape index (κ1) is 20.2. The fourth-order valence-corrected chi connectivity index (χ4v) is 3.43. The predicted octanol–water partition coefficient (Wildman–Crippen LogP) is 0.137. The number of hydrogen-bond acceptors (Lipinski definition) is 8. The van der Waals surface area contributed by atoms with Crippen molar-refractivity contribution >= 4 is 18.7 Å². The lowest BCUT2D eigenvalue weighted by Gasteiger charge is -2.28. The molecule has 1 atom stereocenters. The minimum atomic E-state index is -1.18. The van der Waals surface area contributed by atoms with E-state index in [2.05, 4.69) is 15.6 Å². The number of Topliss-reactive ketones (excluding diaryl/α,β-unsaturated/α-hetero) is 2. The van der Waals surface area contributed by atoms with Gasteiger partial charge in [-0.15, -0.1) is 5.10 Å². The van der Waals surface area contributed by atoms with E-state index < -0.39 is 12.9 Å². The second kappa shape index (κ2) is 8.64. The lowest BCUT2D eigenvalue weighted by molar-refractivity contribution is -0.120. The zero-order valence-corrected chi connectivity index (χ0v) is 15.9. The minimum Gasteiger partial charge on any atom is -0.535 e. The van der Waals surface area contributed by atoms with E-state index in [1.807, 2.05) is 6.07 Å². The van der Waals surface area contributed by atoms with Crippen LogP contribution in [0.4, 0.5) is 0 Å². The third-order valence-corrected chi connectivity index (χ3v) is 4.83. The summed E-state index contributed by atoms with van der Waals surface area (Å²) < 4.78 is 6.95. The smallest absolute Gasteiger partial charge is 0.526 e. The van der Waals surface area contributed by atoms with Gasteiger partial charge in [0.1, 0.15) is 18.0 Å². The van der Waals surface area contributed by atoms with Crippen molar-refractivity contribution in [2.24, 2.45) is 0 Å². The summed E-state index contributed by atoms with van der Waals surface area (Å²) in [5, 5.41) is 30.7. The lowest BCUT2D eigenvalue weighted by Crippen LogP contribution is -2.36. The van der Waals surface area contributed by atoms with Crippen LogP contribution in [0.1, 0.15) is 40.7 Å². The Labute approximate surface area is 162 Å². The van der Waals surface area contributed by atoms with E-state index in [1.165, 1.54) is 11.6 Å². The highest BCUT2D eigenvalue weighted by molar-refractivity contribution is 6.47. The summed E-state index contributed by atoms with van der Waals surface area (Å²) in [7, 11) is 0.579. The molecule has 0 radical (unpaired) electrons. The highest BCUT2D eigenvalue weighted by Gasteiger charge is 2.37. The maximum atomic E-state index is 12.5. The SMILES string of the molecule is CNCc1nnn(CC(=O)C[C@H]2Cc3cccc(C(C)=O)c3OB2O)c1CO. The fraction of sp³-hybridized carbons (Fsp3) is 0.444. The van der Waals surface area contributed by atoms with Gasteiger partial charge in [-0.25, -0.2) is 4.68 Å². The lowest BCUT2D eigenvalue weighted by atomic mass is 9.64. The molecule has 3 rings (SSSR count). The molecule has 0 saturated carbocycles. The van der Waals surface area contributed by atoms with Gasteiger partial charge in [-0.1, -0.05) is 17.3 Å². The number of ketones is 2. The number of fused-ring (bicyclic) bond motifs is 1. The second-order valence-electron chi connectivity index (χ2n) is 6.89. The summed E-state index contributed by atoms with van der Waals surface area (Å²) in [6, 6.07) is 5.25. The Morgan fingerprint density at radius 2 is 2.21 bits per heavy atom. The number of aromatic nitrogens is 3. The summed E-state index contributed by atoms with van der Waals surface area (Å²) in [5.74, 6) is -0.338. The zero-order chi connectivity index (χ0) is 20.3. The second-order valence-corrected chi connectivity index (χ2v) is 6.89. The molecule has 3 N–H and O–H groups in total. The summed E-state index contributed by atoms with van der Waals surface area (Å²) in [6.07, 6.45) is 0.509. The summed E-state index contributed by atoms with van der Waals surface area (Å²) in [4.78, 5) is 24.3. The molecule has 2 heterocycles. The third kappa shape index (κ3) is 4.13. The largest absolute Gasteiger partial charge is 0.535 e. The highest BCUT2D eigenvalue weighted by Crippen LogP contribution is 2.36. The van der Waals surface area contributed by atoms with Crippen LogP contribution in [0.3, 0.4) is 0 Å². The number of nitrogens with zero attached hydrogens (tertiary/aromatic N) is 3. The van der Waals surface area contributed by atoms with Gasteiger partial charge in [0.25, 0.3) is 0 Å². The van der Waals surface area contributed by atoms with Gasteiger partial charge < -0.3 is 20.1 Å². The maximum absolute atomic E-state index is 12.5. The number of rotatable bonds is 8. The number of carbonyl (C=O) groups excluding carboxylic acids is 2.